The van der Waals surface area contributed by atoms with Crippen LogP contribution in [0.15, 0.2) is 18.3 Å². The fourth-order valence-corrected chi connectivity index (χ4v) is 2.18. The van der Waals surface area contributed by atoms with Crippen LogP contribution in [0.5, 0.6) is 0 Å². The molecule has 0 radical (unpaired) electrons. The van der Waals surface area contributed by atoms with Gasteiger partial charge in [-0.15, -0.1) is 0 Å². The number of primary amides is 1. The van der Waals surface area contributed by atoms with Crippen LogP contribution < -0.4 is 17.0 Å². The number of hydrazine groups is 1. The molecule has 1 atom stereocenters. The summed E-state index contributed by atoms with van der Waals surface area (Å²) in [5.41, 5.74) is 8.89. The first-order chi connectivity index (χ1) is 8.20. The second kappa shape index (κ2) is 5.11. The minimum absolute atomic E-state index is 0.137. The van der Waals surface area contributed by atoms with Crippen LogP contribution >= 0.6 is 0 Å². The lowest BCUT2D eigenvalue weighted by atomic mass is 10.2. The van der Waals surface area contributed by atoms with E-state index < -0.39 is 0 Å². The molecule has 5 N–H and O–H groups in total. The first kappa shape index (κ1) is 11.8. The molecule has 1 amide bonds. The summed E-state index contributed by atoms with van der Waals surface area (Å²) in [7, 11) is 0. The molecule has 1 saturated heterocycles. The van der Waals surface area contributed by atoms with Gasteiger partial charge in [0.1, 0.15) is 5.82 Å². The van der Waals surface area contributed by atoms with Crippen molar-refractivity contribution in [1.29, 1.82) is 0 Å². The van der Waals surface area contributed by atoms with Crippen LogP contribution in [0, 0.1) is 0 Å². The number of pyridine rings is 1. The Hall–Kier alpha value is -1.66. The molecule has 0 spiro atoms. The molecular formula is C11H17N5O. The second-order valence-electron chi connectivity index (χ2n) is 4.23. The topological polar surface area (TPSA) is 97.3 Å². The number of hydrogen-bond donors (Lipinski definition) is 3. The number of nitrogens with one attached hydrogen (secondary N) is 1. The molecular weight excluding hydrogens is 218 g/mol. The maximum absolute atomic E-state index is 11.2. The summed E-state index contributed by atoms with van der Waals surface area (Å²) in [5.74, 6) is 5.63. The van der Waals surface area contributed by atoms with Crippen molar-refractivity contribution < 1.29 is 4.79 Å². The molecule has 0 saturated carbocycles. The van der Waals surface area contributed by atoms with E-state index in [1.54, 1.807) is 6.20 Å². The highest BCUT2D eigenvalue weighted by Crippen LogP contribution is 2.19. The molecule has 0 aromatic carbocycles. The molecule has 1 fully saturated rings. The van der Waals surface area contributed by atoms with E-state index in [0.29, 0.717) is 12.4 Å². The lowest BCUT2D eigenvalue weighted by Gasteiger charge is -2.21. The number of carbonyl (C=O) groups is 1. The maximum Gasteiger partial charge on any atom is 0.234 e. The van der Waals surface area contributed by atoms with Crippen molar-refractivity contribution in [2.45, 2.75) is 25.4 Å². The Morgan fingerprint density at radius 3 is 3.00 bits per heavy atom. The third kappa shape index (κ3) is 2.72. The number of carbonyl (C=O) groups excluding carboxylic acids is 1. The Kier molecular flexibility index (Phi) is 3.55. The molecule has 0 aliphatic carbocycles. The predicted octanol–water partition coefficient (Wildman–Crippen LogP) is -0.183. The minimum Gasteiger partial charge on any atom is -0.368 e. The van der Waals surface area contributed by atoms with Crippen molar-refractivity contribution in [1.82, 2.24) is 9.88 Å². The highest BCUT2D eigenvalue weighted by Gasteiger charge is 2.28. The maximum atomic E-state index is 11.2. The van der Waals surface area contributed by atoms with E-state index in [0.717, 1.165) is 24.9 Å². The zero-order valence-corrected chi connectivity index (χ0v) is 9.60. The van der Waals surface area contributed by atoms with Crippen LogP contribution in [0.3, 0.4) is 0 Å². The quantitative estimate of drug-likeness (QED) is 0.496. The number of likely N-dealkylation sites (tertiary alicyclic amines) is 1. The Morgan fingerprint density at radius 1 is 1.59 bits per heavy atom. The van der Waals surface area contributed by atoms with E-state index in [1.807, 2.05) is 12.1 Å². The molecule has 6 heteroatoms. The van der Waals surface area contributed by atoms with Gasteiger partial charge in [-0.3, -0.25) is 9.69 Å². The summed E-state index contributed by atoms with van der Waals surface area (Å²) in [4.78, 5) is 17.5. The SMILES string of the molecule is NNc1ccc(CN2CCCC2C(N)=O)cn1. The van der Waals surface area contributed by atoms with Crippen molar-refractivity contribution in [2.24, 2.45) is 11.6 Å². The van der Waals surface area contributed by atoms with Gasteiger partial charge in [0.05, 0.1) is 6.04 Å². The van der Waals surface area contributed by atoms with Crippen LogP contribution in [0.25, 0.3) is 0 Å². The number of rotatable bonds is 4. The molecule has 2 rings (SSSR count). The number of aromatic nitrogens is 1. The lowest BCUT2D eigenvalue weighted by Crippen LogP contribution is -2.39. The van der Waals surface area contributed by atoms with E-state index >= 15 is 0 Å². The first-order valence-corrected chi connectivity index (χ1v) is 5.65. The number of nitrogens with two attached hydrogens (primary N) is 2. The minimum atomic E-state index is -0.240. The first-order valence-electron chi connectivity index (χ1n) is 5.65. The van der Waals surface area contributed by atoms with Gasteiger partial charge in [-0.1, -0.05) is 6.07 Å². The van der Waals surface area contributed by atoms with Gasteiger partial charge < -0.3 is 11.2 Å². The fourth-order valence-electron chi connectivity index (χ4n) is 2.18. The van der Waals surface area contributed by atoms with Gasteiger partial charge in [0.2, 0.25) is 5.91 Å². The molecule has 1 aliphatic heterocycles. The largest absolute Gasteiger partial charge is 0.368 e. The van der Waals surface area contributed by atoms with E-state index in [-0.39, 0.29) is 11.9 Å². The van der Waals surface area contributed by atoms with E-state index in [1.165, 1.54) is 0 Å². The standard InChI is InChI=1S/C11H17N5O/c12-11(17)9-2-1-5-16(9)7-8-3-4-10(15-13)14-6-8/h3-4,6,9H,1-2,5,7,13H2,(H2,12,17)(H,14,15). The Morgan fingerprint density at radius 2 is 2.41 bits per heavy atom. The third-order valence-electron chi connectivity index (χ3n) is 3.05. The van der Waals surface area contributed by atoms with Crippen molar-refractivity contribution >= 4 is 11.7 Å². The molecule has 0 bridgehead atoms. The van der Waals surface area contributed by atoms with Crippen LogP contribution in [0.2, 0.25) is 0 Å². The van der Waals surface area contributed by atoms with Gasteiger partial charge in [-0.2, -0.15) is 0 Å². The van der Waals surface area contributed by atoms with Gasteiger partial charge in [-0.05, 0) is 31.0 Å². The Labute approximate surface area is 100.0 Å². The van der Waals surface area contributed by atoms with Gasteiger partial charge >= 0.3 is 0 Å². The number of amides is 1. The molecule has 1 aromatic rings. The van der Waals surface area contributed by atoms with Gasteiger partial charge in [0.15, 0.2) is 0 Å². The summed E-state index contributed by atoms with van der Waals surface area (Å²) >= 11 is 0. The van der Waals surface area contributed by atoms with Crippen LogP contribution in [0.1, 0.15) is 18.4 Å². The number of hydrogen-bond acceptors (Lipinski definition) is 5. The second-order valence-corrected chi connectivity index (χ2v) is 4.23. The number of anilines is 1. The molecule has 1 unspecified atom stereocenters. The van der Waals surface area contributed by atoms with Crippen LogP contribution in [-0.2, 0) is 11.3 Å². The molecule has 92 valence electrons. The molecule has 1 aromatic heterocycles. The molecule has 2 heterocycles. The fraction of sp³-hybridized carbons (Fsp3) is 0.455. The van der Waals surface area contributed by atoms with Gasteiger partial charge in [-0.25, -0.2) is 10.8 Å². The van der Waals surface area contributed by atoms with E-state index in [4.69, 9.17) is 11.6 Å². The summed E-state index contributed by atoms with van der Waals surface area (Å²) in [6.07, 6.45) is 3.63. The van der Waals surface area contributed by atoms with E-state index in [9.17, 15) is 4.79 Å². The highest BCUT2D eigenvalue weighted by molar-refractivity contribution is 5.80. The van der Waals surface area contributed by atoms with Crippen LogP contribution in [-0.4, -0.2) is 28.4 Å². The summed E-state index contributed by atoms with van der Waals surface area (Å²) in [6, 6.07) is 3.62. The smallest absolute Gasteiger partial charge is 0.234 e. The monoisotopic (exact) mass is 235 g/mol. The summed E-state index contributed by atoms with van der Waals surface area (Å²) < 4.78 is 0. The zero-order chi connectivity index (χ0) is 12.3. The van der Waals surface area contributed by atoms with Gasteiger partial charge in [0.25, 0.3) is 0 Å². The third-order valence-corrected chi connectivity index (χ3v) is 3.05. The molecule has 6 nitrogen and oxygen atoms in total. The van der Waals surface area contributed by atoms with Crippen molar-refractivity contribution in [3.8, 4) is 0 Å². The number of nitrogen functional groups attached to an aromatic ring is 1. The summed E-state index contributed by atoms with van der Waals surface area (Å²) in [5, 5.41) is 0. The van der Waals surface area contributed by atoms with Crippen molar-refractivity contribution in [3.05, 3.63) is 23.9 Å². The predicted molar refractivity (Wildman–Crippen MR) is 64.7 cm³/mol. The van der Waals surface area contributed by atoms with Gasteiger partial charge in [0, 0.05) is 12.7 Å². The Balaban J connectivity index is 2.02. The average Bonchev–Trinajstić information content (AvgIpc) is 2.78. The van der Waals surface area contributed by atoms with Crippen molar-refractivity contribution in [2.75, 3.05) is 12.0 Å². The molecule has 1 aliphatic rings. The normalized spacial score (nSPS) is 20.4. The van der Waals surface area contributed by atoms with Crippen LogP contribution in [0.4, 0.5) is 5.82 Å². The van der Waals surface area contributed by atoms with E-state index in [2.05, 4.69) is 15.3 Å². The molecule has 17 heavy (non-hydrogen) atoms. The van der Waals surface area contributed by atoms with Crippen molar-refractivity contribution in [3.63, 3.8) is 0 Å². The summed E-state index contributed by atoms with van der Waals surface area (Å²) in [6.45, 7) is 1.61. The lowest BCUT2D eigenvalue weighted by molar-refractivity contribution is -0.122. The highest BCUT2D eigenvalue weighted by atomic mass is 16.1. The number of nitrogens with zero attached hydrogens (tertiary/aromatic N) is 2. The average molecular weight is 235 g/mol. The zero-order valence-electron chi connectivity index (χ0n) is 9.60. The Bertz CT molecular complexity index is 391.